The lowest BCUT2D eigenvalue weighted by Gasteiger charge is -2.25. The number of carbonyl (C=O) groups is 5. The van der Waals surface area contributed by atoms with Crippen LogP contribution in [0.1, 0.15) is 45.6 Å². The molecule has 1 rings (SSSR count). The number of nitrogens with one attached hydrogen (secondary N) is 3. The van der Waals surface area contributed by atoms with Crippen molar-refractivity contribution in [3.05, 3.63) is 29.8 Å². The van der Waals surface area contributed by atoms with Crippen molar-refractivity contribution >= 4 is 29.6 Å². The van der Waals surface area contributed by atoms with Crippen LogP contribution in [-0.2, 0) is 30.4 Å². The van der Waals surface area contributed by atoms with E-state index in [1.54, 1.807) is 0 Å². The number of carbonyl (C=O) groups excluding carboxylic acids is 4. The van der Waals surface area contributed by atoms with Gasteiger partial charge in [0, 0.05) is 12.8 Å². The third-order valence-electron chi connectivity index (χ3n) is 5.06. The van der Waals surface area contributed by atoms with Crippen LogP contribution in [-0.4, -0.2) is 64.0 Å². The van der Waals surface area contributed by atoms with E-state index in [1.165, 1.54) is 31.2 Å². The molecule has 0 bridgehead atoms. The lowest BCUT2D eigenvalue weighted by molar-refractivity contribution is -0.142. The zero-order valence-electron chi connectivity index (χ0n) is 20.1. The molecule has 0 aliphatic carbocycles. The van der Waals surface area contributed by atoms with E-state index in [-0.39, 0.29) is 37.4 Å². The molecule has 0 heterocycles. The van der Waals surface area contributed by atoms with E-state index in [2.05, 4.69) is 16.0 Å². The average Bonchev–Trinajstić information content (AvgIpc) is 2.76. The molecule has 12 nitrogen and oxygen atoms in total. The number of rotatable bonds is 14. The minimum Gasteiger partial charge on any atom is -0.508 e. The summed E-state index contributed by atoms with van der Waals surface area (Å²) >= 11 is 0. The molecule has 0 saturated heterocycles. The number of carboxylic acids is 1. The van der Waals surface area contributed by atoms with E-state index < -0.39 is 53.8 Å². The molecular formula is C23H35N5O7. The highest BCUT2D eigenvalue weighted by atomic mass is 16.4. The molecule has 0 aromatic heterocycles. The Kier molecular flexibility index (Phi) is 11.7. The summed E-state index contributed by atoms with van der Waals surface area (Å²) in [6.45, 7) is 5.15. The summed E-state index contributed by atoms with van der Waals surface area (Å²) in [7, 11) is 0. The number of hydrogen-bond acceptors (Lipinski definition) is 7. The van der Waals surface area contributed by atoms with Gasteiger partial charge in [0.25, 0.3) is 0 Å². The summed E-state index contributed by atoms with van der Waals surface area (Å²) in [6, 6.07) is 1.33. The molecule has 0 aliphatic rings. The topological polar surface area (TPSA) is 214 Å². The van der Waals surface area contributed by atoms with E-state index in [9.17, 15) is 34.2 Å². The Morgan fingerprint density at radius 2 is 1.37 bits per heavy atom. The van der Waals surface area contributed by atoms with Crippen LogP contribution >= 0.6 is 0 Å². The second kappa shape index (κ2) is 13.9. The van der Waals surface area contributed by atoms with Gasteiger partial charge in [0.1, 0.15) is 23.9 Å². The minimum absolute atomic E-state index is 0.00552. The van der Waals surface area contributed by atoms with Crippen LogP contribution in [0.4, 0.5) is 0 Å². The van der Waals surface area contributed by atoms with Crippen LogP contribution in [0.15, 0.2) is 24.3 Å². The van der Waals surface area contributed by atoms with Crippen molar-refractivity contribution in [1.82, 2.24) is 16.0 Å². The number of carboxylic acid groups (broad SMARTS) is 1. The highest BCUT2D eigenvalue weighted by molar-refractivity contribution is 5.94. The van der Waals surface area contributed by atoms with Crippen molar-refractivity contribution in [3.63, 3.8) is 0 Å². The van der Waals surface area contributed by atoms with Crippen LogP contribution in [0.25, 0.3) is 0 Å². The fraction of sp³-hybridized carbons (Fsp3) is 0.522. The van der Waals surface area contributed by atoms with Gasteiger partial charge < -0.3 is 37.6 Å². The van der Waals surface area contributed by atoms with Crippen molar-refractivity contribution < 1.29 is 34.2 Å². The molecule has 4 atom stereocenters. The van der Waals surface area contributed by atoms with Gasteiger partial charge in [0.2, 0.25) is 23.6 Å². The summed E-state index contributed by atoms with van der Waals surface area (Å²) in [5.41, 5.74) is 11.3. The van der Waals surface area contributed by atoms with Crippen molar-refractivity contribution in [2.45, 2.75) is 70.6 Å². The third kappa shape index (κ3) is 10.9. The molecule has 0 fully saturated rings. The first-order valence-corrected chi connectivity index (χ1v) is 11.3. The molecule has 9 N–H and O–H groups in total. The molecule has 0 radical (unpaired) electrons. The maximum absolute atomic E-state index is 12.9. The van der Waals surface area contributed by atoms with Gasteiger partial charge >= 0.3 is 5.97 Å². The van der Waals surface area contributed by atoms with Gasteiger partial charge in [-0.1, -0.05) is 26.0 Å². The highest BCUT2D eigenvalue weighted by Gasteiger charge is 2.30. The number of primary amides is 1. The van der Waals surface area contributed by atoms with Crippen LogP contribution in [0.2, 0.25) is 0 Å². The van der Waals surface area contributed by atoms with Gasteiger partial charge in [-0.3, -0.25) is 19.2 Å². The predicted octanol–water partition coefficient (Wildman–Crippen LogP) is -0.867. The molecule has 1 aromatic carbocycles. The number of benzene rings is 1. The smallest absolute Gasteiger partial charge is 0.326 e. The summed E-state index contributed by atoms with van der Waals surface area (Å²) in [5, 5.41) is 26.4. The number of phenols is 1. The number of hydrogen-bond donors (Lipinski definition) is 7. The first-order chi connectivity index (χ1) is 16.3. The maximum atomic E-state index is 12.9. The lowest BCUT2D eigenvalue weighted by Crippen LogP contribution is -2.57. The Hall–Kier alpha value is -3.67. The highest BCUT2D eigenvalue weighted by Crippen LogP contribution is 2.12. The predicted molar refractivity (Wildman–Crippen MR) is 127 cm³/mol. The molecule has 0 aliphatic heterocycles. The summed E-state index contributed by atoms with van der Waals surface area (Å²) in [6.07, 6.45) is -0.242. The zero-order valence-corrected chi connectivity index (χ0v) is 20.1. The summed E-state index contributed by atoms with van der Waals surface area (Å²) in [5.74, 6) is -4.06. The van der Waals surface area contributed by atoms with Gasteiger partial charge in [0.05, 0.1) is 6.04 Å². The third-order valence-corrected chi connectivity index (χ3v) is 5.06. The number of aliphatic carboxylic acids is 1. The molecule has 0 spiro atoms. The Morgan fingerprint density at radius 3 is 1.86 bits per heavy atom. The second-order valence-corrected chi connectivity index (χ2v) is 8.82. The Morgan fingerprint density at radius 1 is 0.857 bits per heavy atom. The van der Waals surface area contributed by atoms with Crippen molar-refractivity contribution in [1.29, 1.82) is 0 Å². The monoisotopic (exact) mass is 493 g/mol. The van der Waals surface area contributed by atoms with E-state index in [1.807, 2.05) is 13.8 Å². The SMILES string of the molecule is CC(C)CC(NC(=O)C(C)N)C(=O)NC(CCC(N)=O)C(=O)NC(Cc1ccc(O)cc1)C(=O)O. The van der Waals surface area contributed by atoms with Gasteiger partial charge in [-0.25, -0.2) is 4.79 Å². The molecule has 4 unspecified atom stereocenters. The van der Waals surface area contributed by atoms with E-state index in [4.69, 9.17) is 11.5 Å². The van der Waals surface area contributed by atoms with Gasteiger partial charge in [0.15, 0.2) is 0 Å². The molecule has 35 heavy (non-hydrogen) atoms. The first kappa shape index (κ1) is 29.4. The van der Waals surface area contributed by atoms with Crippen molar-refractivity contribution in [2.75, 3.05) is 0 Å². The summed E-state index contributed by atoms with van der Waals surface area (Å²) < 4.78 is 0. The fourth-order valence-electron chi connectivity index (χ4n) is 3.17. The van der Waals surface area contributed by atoms with Crippen LogP contribution in [0.5, 0.6) is 5.75 Å². The van der Waals surface area contributed by atoms with Crippen molar-refractivity contribution in [3.8, 4) is 5.75 Å². The molecule has 12 heteroatoms. The van der Waals surface area contributed by atoms with Crippen LogP contribution in [0.3, 0.4) is 0 Å². The lowest BCUT2D eigenvalue weighted by atomic mass is 10.0. The maximum Gasteiger partial charge on any atom is 0.326 e. The van der Waals surface area contributed by atoms with E-state index in [0.717, 1.165) is 0 Å². The summed E-state index contributed by atoms with van der Waals surface area (Å²) in [4.78, 5) is 61.0. The van der Waals surface area contributed by atoms with E-state index in [0.29, 0.717) is 5.56 Å². The van der Waals surface area contributed by atoms with Crippen LogP contribution < -0.4 is 27.4 Å². The average molecular weight is 494 g/mol. The zero-order chi connectivity index (χ0) is 26.7. The second-order valence-electron chi connectivity index (χ2n) is 8.82. The largest absolute Gasteiger partial charge is 0.508 e. The number of aromatic hydroxyl groups is 1. The quantitative estimate of drug-likeness (QED) is 0.172. The van der Waals surface area contributed by atoms with Crippen LogP contribution in [0, 0.1) is 5.92 Å². The molecular weight excluding hydrogens is 458 g/mol. The molecule has 194 valence electrons. The Bertz CT molecular complexity index is 902. The van der Waals surface area contributed by atoms with E-state index >= 15 is 0 Å². The molecule has 4 amide bonds. The Balaban J connectivity index is 3.03. The standard InChI is InChI=1S/C23H35N5O7/c1-12(2)10-17(27-20(31)13(3)24)22(33)26-16(8-9-19(25)30)21(32)28-18(23(34)35)11-14-4-6-15(29)7-5-14/h4-7,12-13,16-18,29H,8-11,24H2,1-3H3,(H2,25,30)(H,26,33)(H,27,31)(H,28,32)(H,34,35). The number of amides is 4. The van der Waals surface area contributed by atoms with Crippen molar-refractivity contribution in [2.24, 2.45) is 17.4 Å². The first-order valence-electron chi connectivity index (χ1n) is 11.3. The van der Waals surface area contributed by atoms with Gasteiger partial charge in [-0.05, 0) is 43.4 Å². The minimum atomic E-state index is -1.34. The number of nitrogens with two attached hydrogens (primary N) is 2. The fourth-order valence-corrected chi connectivity index (χ4v) is 3.17. The number of phenolic OH excluding ortho intramolecular Hbond substituents is 1. The normalized spacial score (nSPS) is 14.3. The van der Waals surface area contributed by atoms with Gasteiger partial charge in [-0.15, -0.1) is 0 Å². The molecule has 0 saturated carbocycles. The van der Waals surface area contributed by atoms with Gasteiger partial charge in [-0.2, -0.15) is 0 Å². The Labute approximate surface area is 203 Å². The molecule has 1 aromatic rings.